The van der Waals surface area contributed by atoms with Gasteiger partial charge in [-0.25, -0.2) is 4.79 Å². The van der Waals surface area contributed by atoms with Crippen molar-refractivity contribution in [1.29, 1.82) is 0 Å². The fourth-order valence-corrected chi connectivity index (χ4v) is 3.37. The van der Waals surface area contributed by atoms with E-state index in [-0.39, 0.29) is 6.61 Å². The van der Waals surface area contributed by atoms with Crippen molar-refractivity contribution in [2.45, 2.75) is 25.9 Å². The van der Waals surface area contributed by atoms with E-state index in [9.17, 15) is 4.79 Å². The van der Waals surface area contributed by atoms with Crippen molar-refractivity contribution >= 4 is 5.97 Å². The molecule has 0 spiro atoms. The summed E-state index contributed by atoms with van der Waals surface area (Å²) in [4.78, 5) is 13.0. The second-order valence-electron chi connectivity index (χ2n) is 7.62. The Morgan fingerprint density at radius 3 is 1.76 bits per heavy atom. The molecule has 0 saturated carbocycles. The number of hydrogen-bond acceptors (Lipinski definition) is 4. The molecule has 0 bridgehead atoms. The standard InChI is InChI=1S/C29H26O4/c30-29(33-22-25-15-8-3-9-16-25)28(32-21-24-13-6-2-7-14-24)26-17-10-18-27(19-26)31-20-23-11-4-1-5-12-23/h1-19,28H,20-22H2. The Balaban J connectivity index is 1.48. The van der Waals surface area contributed by atoms with E-state index in [1.54, 1.807) is 0 Å². The van der Waals surface area contributed by atoms with Gasteiger partial charge in [-0.3, -0.25) is 0 Å². The van der Waals surface area contributed by atoms with Crippen LogP contribution < -0.4 is 4.74 Å². The topological polar surface area (TPSA) is 44.8 Å². The smallest absolute Gasteiger partial charge is 0.340 e. The van der Waals surface area contributed by atoms with Crippen LogP contribution in [0.15, 0.2) is 115 Å². The van der Waals surface area contributed by atoms with Crippen molar-refractivity contribution in [3.8, 4) is 5.75 Å². The van der Waals surface area contributed by atoms with E-state index in [0.717, 1.165) is 16.7 Å². The van der Waals surface area contributed by atoms with Gasteiger partial charge in [0.15, 0.2) is 6.10 Å². The molecule has 33 heavy (non-hydrogen) atoms. The van der Waals surface area contributed by atoms with Gasteiger partial charge in [-0.05, 0) is 34.4 Å². The molecule has 4 nitrogen and oxygen atoms in total. The van der Waals surface area contributed by atoms with Crippen molar-refractivity contribution < 1.29 is 19.0 Å². The Morgan fingerprint density at radius 1 is 0.606 bits per heavy atom. The van der Waals surface area contributed by atoms with Crippen LogP contribution in [0, 0.1) is 0 Å². The molecule has 4 rings (SSSR count). The first kappa shape index (κ1) is 22.3. The molecule has 0 N–H and O–H groups in total. The van der Waals surface area contributed by atoms with Gasteiger partial charge < -0.3 is 14.2 Å². The van der Waals surface area contributed by atoms with E-state index in [1.165, 1.54) is 0 Å². The molecule has 0 heterocycles. The molecule has 0 fully saturated rings. The SMILES string of the molecule is O=C(OCc1ccccc1)C(OCc1ccccc1)c1cccc(OCc2ccccc2)c1. The van der Waals surface area contributed by atoms with Crippen molar-refractivity contribution in [2.75, 3.05) is 0 Å². The summed E-state index contributed by atoms with van der Waals surface area (Å²) in [6.45, 7) is 0.925. The van der Waals surface area contributed by atoms with Crippen LogP contribution in [0.3, 0.4) is 0 Å². The molecule has 0 aliphatic heterocycles. The van der Waals surface area contributed by atoms with E-state index in [0.29, 0.717) is 24.5 Å². The minimum Gasteiger partial charge on any atom is -0.489 e. The molecule has 0 saturated heterocycles. The average Bonchev–Trinajstić information content (AvgIpc) is 2.88. The van der Waals surface area contributed by atoms with Crippen LogP contribution in [0.25, 0.3) is 0 Å². The zero-order valence-electron chi connectivity index (χ0n) is 18.3. The third-order valence-corrected chi connectivity index (χ3v) is 5.11. The maximum atomic E-state index is 13.0. The van der Waals surface area contributed by atoms with E-state index in [2.05, 4.69) is 0 Å². The summed E-state index contributed by atoms with van der Waals surface area (Å²) in [5, 5.41) is 0. The lowest BCUT2D eigenvalue weighted by Gasteiger charge is -2.18. The highest BCUT2D eigenvalue weighted by molar-refractivity contribution is 5.76. The van der Waals surface area contributed by atoms with E-state index < -0.39 is 12.1 Å². The molecular formula is C29H26O4. The molecule has 0 amide bonds. The van der Waals surface area contributed by atoms with Crippen molar-refractivity contribution in [3.05, 3.63) is 138 Å². The van der Waals surface area contributed by atoms with Gasteiger partial charge >= 0.3 is 5.97 Å². The van der Waals surface area contributed by atoms with E-state index in [1.807, 2.05) is 115 Å². The second kappa shape index (κ2) is 11.7. The van der Waals surface area contributed by atoms with Gasteiger partial charge in [0.1, 0.15) is 19.0 Å². The number of hydrogen-bond donors (Lipinski definition) is 0. The summed E-state index contributed by atoms with van der Waals surface area (Å²) < 4.78 is 17.6. The fourth-order valence-electron chi connectivity index (χ4n) is 3.37. The molecule has 1 atom stereocenters. The third kappa shape index (κ3) is 6.79. The van der Waals surface area contributed by atoms with Gasteiger partial charge in [-0.1, -0.05) is 103 Å². The molecular weight excluding hydrogens is 412 g/mol. The third-order valence-electron chi connectivity index (χ3n) is 5.11. The molecule has 166 valence electrons. The van der Waals surface area contributed by atoms with E-state index in [4.69, 9.17) is 14.2 Å². The van der Waals surface area contributed by atoms with Crippen LogP contribution >= 0.6 is 0 Å². The first-order chi connectivity index (χ1) is 16.3. The second-order valence-corrected chi connectivity index (χ2v) is 7.62. The molecule has 0 aliphatic rings. The highest BCUT2D eigenvalue weighted by Gasteiger charge is 2.24. The summed E-state index contributed by atoms with van der Waals surface area (Å²) in [6, 6.07) is 36.7. The first-order valence-electron chi connectivity index (χ1n) is 10.9. The number of ether oxygens (including phenoxy) is 3. The summed E-state index contributed by atoms with van der Waals surface area (Å²) in [7, 11) is 0. The van der Waals surface area contributed by atoms with Crippen LogP contribution in [0.5, 0.6) is 5.75 Å². The van der Waals surface area contributed by atoms with Gasteiger partial charge in [0.25, 0.3) is 0 Å². The summed E-state index contributed by atoms with van der Waals surface area (Å²) >= 11 is 0. The lowest BCUT2D eigenvalue weighted by atomic mass is 10.1. The number of benzene rings is 4. The predicted octanol–water partition coefficient (Wildman–Crippen LogP) is 6.27. The van der Waals surface area contributed by atoms with Crippen LogP contribution in [-0.4, -0.2) is 5.97 Å². The fraction of sp³-hybridized carbons (Fsp3) is 0.138. The highest BCUT2D eigenvalue weighted by Crippen LogP contribution is 2.26. The number of esters is 1. The maximum absolute atomic E-state index is 13.0. The highest BCUT2D eigenvalue weighted by atomic mass is 16.6. The maximum Gasteiger partial charge on any atom is 0.340 e. The molecule has 4 heteroatoms. The van der Waals surface area contributed by atoms with Gasteiger partial charge in [-0.15, -0.1) is 0 Å². The summed E-state index contributed by atoms with van der Waals surface area (Å²) in [5.41, 5.74) is 3.67. The van der Waals surface area contributed by atoms with Gasteiger partial charge in [0.05, 0.1) is 6.61 Å². The van der Waals surface area contributed by atoms with Gasteiger partial charge in [-0.2, -0.15) is 0 Å². The van der Waals surface area contributed by atoms with E-state index >= 15 is 0 Å². The first-order valence-corrected chi connectivity index (χ1v) is 10.9. The zero-order chi connectivity index (χ0) is 22.7. The van der Waals surface area contributed by atoms with Crippen molar-refractivity contribution in [2.24, 2.45) is 0 Å². The zero-order valence-corrected chi connectivity index (χ0v) is 18.3. The Hall–Kier alpha value is -3.89. The lowest BCUT2D eigenvalue weighted by molar-refractivity contribution is -0.160. The summed E-state index contributed by atoms with van der Waals surface area (Å²) in [6.07, 6.45) is -0.866. The Bertz CT molecular complexity index is 1130. The molecule has 0 aliphatic carbocycles. The quantitative estimate of drug-likeness (QED) is 0.274. The average molecular weight is 439 g/mol. The Morgan fingerprint density at radius 2 is 1.15 bits per heavy atom. The molecule has 1 unspecified atom stereocenters. The Labute approximate surface area is 194 Å². The van der Waals surface area contributed by atoms with Crippen LogP contribution in [-0.2, 0) is 34.1 Å². The van der Waals surface area contributed by atoms with Crippen molar-refractivity contribution in [3.63, 3.8) is 0 Å². The normalized spacial score (nSPS) is 11.5. The minimum absolute atomic E-state index is 0.190. The number of carbonyl (C=O) groups is 1. The summed E-state index contributed by atoms with van der Waals surface area (Å²) in [5.74, 6) is 0.232. The van der Waals surface area contributed by atoms with Crippen LogP contribution in [0.2, 0.25) is 0 Å². The van der Waals surface area contributed by atoms with Crippen LogP contribution in [0.4, 0.5) is 0 Å². The molecule has 4 aromatic rings. The largest absolute Gasteiger partial charge is 0.489 e. The molecule has 0 aromatic heterocycles. The van der Waals surface area contributed by atoms with Gasteiger partial charge in [0, 0.05) is 0 Å². The molecule has 4 aromatic carbocycles. The minimum atomic E-state index is -0.866. The van der Waals surface area contributed by atoms with Crippen LogP contribution in [0.1, 0.15) is 28.4 Å². The monoisotopic (exact) mass is 438 g/mol. The molecule has 0 radical (unpaired) electrons. The van der Waals surface area contributed by atoms with Crippen molar-refractivity contribution in [1.82, 2.24) is 0 Å². The number of carbonyl (C=O) groups excluding carboxylic acids is 1. The van der Waals surface area contributed by atoms with Gasteiger partial charge in [0.2, 0.25) is 0 Å². The Kier molecular flexibility index (Phi) is 7.88. The number of rotatable bonds is 10. The lowest BCUT2D eigenvalue weighted by Crippen LogP contribution is -2.19. The predicted molar refractivity (Wildman–Crippen MR) is 127 cm³/mol.